The van der Waals surface area contributed by atoms with E-state index < -0.39 is 24.0 Å². The summed E-state index contributed by atoms with van der Waals surface area (Å²) in [4.78, 5) is 15.5. The molecule has 1 heterocycles. The Balaban J connectivity index is 2.70. The van der Waals surface area contributed by atoms with E-state index in [0.717, 1.165) is 22.5 Å². The molecule has 2 atom stereocenters. The van der Waals surface area contributed by atoms with Crippen LogP contribution < -0.4 is 11.1 Å². The molecule has 0 aliphatic rings. The van der Waals surface area contributed by atoms with Crippen molar-refractivity contribution in [2.45, 2.75) is 38.0 Å². The maximum Gasteiger partial charge on any atom is 0.434 e. The van der Waals surface area contributed by atoms with Crippen LogP contribution in [0.2, 0.25) is 0 Å². The van der Waals surface area contributed by atoms with Gasteiger partial charge in [-0.2, -0.15) is 24.9 Å². The van der Waals surface area contributed by atoms with Crippen LogP contribution in [-0.2, 0) is 11.0 Å². The average Bonchev–Trinajstić information content (AvgIpc) is 2.91. The number of carbonyl (C=O) groups excluding carboxylic acids is 1. The van der Waals surface area contributed by atoms with Crippen molar-refractivity contribution in [2.24, 2.45) is 5.73 Å². The normalized spacial score (nSPS) is 14.8. The first-order chi connectivity index (χ1) is 9.79. The molecule has 21 heavy (non-hydrogen) atoms. The van der Waals surface area contributed by atoms with Crippen LogP contribution in [0.3, 0.4) is 0 Å². The van der Waals surface area contributed by atoms with Crippen molar-refractivity contribution in [1.29, 1.82) is 0 Å². The van der Waals surface area contributed by atoms with E-state index >= 15 is 0 Å². The third-order valence-corrected chi connectivity index (χ3v) is 4.41. The number of hydrogen-bond donors (Lipinski definition) is 2. The molecule has 0 aliphatic heterocycles. The third kappa shape index (κ3) is 5.48. The van der Waals surface area contributed by atoms with Crippen molar-refractivity contribution in [3.05, 3.63) is 16.1 Å². The van der Waals surface area contributed by atoms with E-state index in [9.17, 15) is 18.0 Å². The van der Waals surface area contributed by atoms with E-state index in [2.05, 4.69) is 10.3 Å². The number of thiazole rings is 1. The summed E-state index contributed by atoms with van der Waals surface area (Å²) in [5.74, 6) is 0.389. The van der Waals surface area contributed by atoms with Crippen molar-refractivity contribution < 1.29 is 18.0 Å². The summed E-state index contributed by atoms with van der Waals surface area (Å²) >= 11 is 2.47. The number of amides is 1. The van der Waals surface area contributed by atoms with Crippen molar-refractivity contribution in [1.82, 2.24) is 10.3 Å². The van der Waals surface area contributed by atoms with Crippen LogP contribution in [0.15, 0.2) is 5.38 Å². The van der Waals surface area contributed by atoms with Crippen molar-refractivity contribution in [3.63, 3.8) is 0 Å². The Kier molecular flexibility index (Phi) is 6.95. The molecule has 0 saturated carbocycles. The van der Waals surface area contributed by atoms with Gasteiger partial charge in [0.2, 0.25) is 5.91 Å². The summed E-state index contributed by atoms with van der Waals surface area (Å²) in [7, 11) is 0. The predicted molar refractivity (Wildman–Crippen MR) is 79.3 cm³/mol. The minimum absolute atomic E-state index is 0.246. The molecule has 0 bridgehead atoms. The van der Waals surface area contributed by atoms with Gasteiger partial charge in [0.15, 0.2) is 5.69 Å². The van der Waals surface area contributed by atoms with E-state index in [0.29, 0.717) is 12.8 Å². The van der Waals surface area contributed by atoms with Crippen LogP contribution in [0.25, 0.3) is 0 Å². The van der Waals surface area contributed by atoms with E-state index in [1.807, 2.05) is 6.26 Å². The summed E-state index contributed by atoms with van der Waals surface area (Å²) in [5.41, 5.74) is 4.81. The highest BCUT2D eigenvalue weighted by Crippen LogP contribution is 2.32. The van der Waals surface area contributed by atoms with Gasteiger partial charge in [0, 0.05) is 5.38 Å². The molecule has 9 heteroatoms. The lowest BCUT2D eigenvalue weighted by molar-refractivity contribution is -0.140. The lowest BCUT2D eigenvalue weighted by Gasteiger charge is -2.18. The van der Waals surface area contributed by atoms with Gasteiger partial charge >= 0.3 is 6.18 Å². The Morgan fingerprint density at radius 2 is 2.24 bits per heavy atom. The molecule has 1 unspecified atom stereocenters. The second kappa shape index (κ2) is 8.00. The number of carbonyl (C=O) groups is 1. The number of rotatable bonds is 7. The monoisotopic (exact) mass is 341 g/mol. The van der Waals surface area contributed by atoms with Gasteiger partial charge in [-0.3, -0.25) is 4.79 Å². The average molecular weight is 341 g/mol. The van der Waals surface area contributed by atoms with Crippen LogP contribution in [0, 0.1) is 0 Å². The molecule has 0 aromatic carbocycles. The number of aromatic nitrogens is 1. The topological polar surface area (TPSA) is 68.0 Å². The fourth-order valence-electron chi connectivity index (χ4n) is 1.57. The van der Waals surface area contributed by atoms with Crippen LogP contribution in [0.1, 0.15) is 36.5 Å². The highest BCUT2D eigenvalue weighted by molar-refractivity contribution is 7.98. The van der Waals surface area contributed by atoms with Gasteiger partial charge in [0.25, 0.3) is 0 Å². The van der Waals surface area contributed by atoms with Crippen LogP contribution in [-0.4, -0.2) is 28.9 Å². The van der Waals surface area contributed by atoms with Crippen LogP contribution >= 0.6 is 23.1 Å². The molecule has 1 amide bonds. The highest BCUT2D eigenvalue weighted by Gasteiger charge is 2.34. The molecule has 1 aromatic rings. The summed E-state index contributed by atoms with van der Waals surface area (Å²) in [5, 5.41) is 3.87. The summed E-state index contributed by atoms with van der Waals surface area (Å²) in [6.07, 6.45) is -1.58. The fourth-order valence-corrected chi connectivity index (χ4v) is 3.02. The molecule has 0 aliphatic carbocycles. The number of nitrogens with two attached hydrogens (primary N) is 1. The molecule has 0 fully saturated rings. The maximum absolute atomic E-state index is 12.5. The van der Waals surface area contributed by atoms with Crippen LogP contribution in [0.5, 0.6) is 0 Å². The molecule has 0 saturated heterocycles. The van der Waals surface area contributed by atoms with Gasteiger partial charge in [0.05, 0.1) is 12.1 Å². The van der Waals surface area contributed by atoms with E-state index in [1.54, 1.807) is 18.7 Å². The molecule has 1 rings (SSSR count). The van der Waals surface area contributed by atoms with Crippen LogP contribution in [0.4, 0.5) is 13.2 Å². The minimum Gasteiger partial charge on any atom is -0.346 e. The van der Waals surface area contributed by atoms with E-state index in [1.165, 1.54) is 0 Å². The lowest BCUT2D eigenvalue weighted by Crippen LogP contribution is -2.42. The zero-order chi connectivity index (χ0) is 16.0. The van der Waals surface area contributed by atoms with Crippen molar-refractivity contribution in [2.75, 3.05) is 12.0 Å². The van der Waals surface area contributed by atoms with Crippen molar-refractivity contribution in [3.8, 4) is 0 Å². The molecule has 1 aromatic heterocycles. The van der Waals surface area contributed by atoms with Gasteiger partial charge in [-0.1, -0.05) is 6.92 Å². The number of halogens is 3. The van der Waals surface area contributed by atoms with Crippen molar-refractivity contribution >= 4 is 29.0 Å². The maximum atomic E-state index is 12.5. The number of nitrogens with one attached hydrogen (secondary N) is 1. The fraction of sp³-hybridized carbons (Fsp3) is 0.667. The first kappa shape index (κ1) is 18.2. The Labute approximate surface area is 129 Å². The third-order valence-electron chi connectivity index (χ3n) is 2.80. The lowest BCUT2D eigenvalue weighted by atomic mass is 10.2. The highest BCUT2D eigenvalue weighted by atomic mass is 32.2. The Morgan fingerprint density at radius 3 is 2.71 bits per heavy atom. The Morgan fingerprint density at radius 1 is 1.57 bits per heavy atom. The standard InChI is InChI=1S/C12H18F3N3OS2/c1-3-8(17-10(19)7(16)4-5-20-2)11-18-9(6-21-11)12(13,14)15/h6-8H,3-5,16H2,1-2H3,(H,17,19)/t7-,8?/m0/s1. The Hall–Kier alpha value is -0.800. The molecular formula is C12H18F3N3OS2. The quantitative estimate of drug-likeness (QED) is 0.800. The summed E-state index contributed by atoms with van der Waals surface area (Å²) < 4.78 is 37.6. The van der Waals surface area contributed by atoms with E-state index in [4.69, 9.17) is 5.73 Å². The largest absolute Gasteiger partial charge is 0.434 e. The van der Waals surface area contributed by atoms with Gasteiger partial charge in [-0.25, -0.2) is 4.98 Å². The molecule has 120 valence electrons. The SMILES string of the molecule is CCC(NC(=O)[C@@H](N)CCSC)c1nc(C(F)(F)F)cs1. The minimum atomic E-state index is -4.47. The number of alkyl halides is 3. The smallest absolute Gasteiger partial charge is 0.346 e. The first-order valence-corrected chi connectivity index (χ1v) is 8.64. The number of thioether (sulfide) groups is 1. The zero-order valence-electron chi connectivity index (χ0n) is 11.7. The molecule has 4 nitrogen and oxygen atoms in total. The van der Waals surface area contributed by atoms with Gasteiger partial charge < -0.3 is 11.1 Å². The molecule has 0 spiro atoms. The second-order valence-electron chi connectivity index (χ2n) is 4.43. The molecular weight excluding hydrogens is 323 g/mol. The second-order valence-corrected chi connectivity index (χ2v) is 6.30. The zero-order valence-corrected chi connectivity index (χ0v) is 13.4. The number of hydrogen-bond acceptors (Lipinski definition) is 5. The first-order valence-electron chi connectivity index (χ1n) is 6.37. The predicted octanol–water partition coefficient (Wildman–Crippen LogP) is 2.81. The van der Waals surface area contributed by atoms with Gasteiger partial charge in [-0.15, -0.1) is 11.3 Å². The van der Waals surface area contributed by atoms with Gasteiger partial charge in [0.1, 0.15) is 5.01 Å². The summed E-state index contributed by atoms with van der Waals surface area (Å²) in [6.45, 7) is 1.77. The van der Waals surface area contributed by atoms with E-state index in [-0.39, 0.29) is 10.9 Å². The van der Waals surface area contributed by atoms with Gasteiger partial charge in [-0.05, 0) is 24.9 Å². The summed E-state index contributed by atoms with van der Waals surface area (Å²) in [6, 6.07) is -1.20. The molecule has 3 N–H and O–H groups in total. The Bertz CT molecular complexity index is 465. The molecule has 0 radical (unpaired) electrons. The number of nitrogens with zero attached hydrogens (tertiary/aromatic N) is 1.